The Morgan fingerprint density at radius 3 is 2.48 bits per heavy atom. The van der Waals surface area contributed by atoms with E-state index in [0.717, 1.165) is 23.7 Å². The van der Waals surface area contributed by atoms with Crippen molar-refractivity contribution in [1.29, 1.82) is 0 Å². The normalized spacial score (nSPS) is 12.1. The highest BCUT2D eigenvalue weighted by atomic mass is 16.5. The lowest BCUT2D eigenvalue weighted by molar-refractivity contribution is 0.340. The van der Waals surface area contributed by atoms with Crippen molar-refractivity contribution in [3.8, 4) is 11.4 Å². The maximum absolute atomic E-state index is 5.48. The number of rotatable bonds is 7. The monoisotopic (exact) mass is 335 g/mol. The van der Waals surface area contributed by atoms with Gasteiger partial charge in [0.15, 0.2) is 0 Å². The van der Waals surface area contributed by atoms with Crippen LogP contribution >= 0.6 is 0 Å². The first kappa shape index (κ1) is 17.2. The molecule has 0 amide bonds. The van der Waals surface area contributed by atoms with Crippen molar-refractivity contribution in [2.45, 2.75) is 33.4 Å². The van der Waals surface area contributed by atoms with Crippen LogP contribution < -0.4 is 10.1 Å². The van der Waals surface area contributed by atoms with Crippen molar-refractivity contribution in [2.24, 2.45) is 0 Å². The van der Waals surface area contributed by atoms with Crippen LogP contribution in [0.1, 0.15) is 36.7 Å². The largest absolute Gasteiger partial charge is 0.494 e. The number of aromatic nitrogens is 2. The molecule has 25 heavy (non-hydrogen) atoms. The van der Waals surface area contributed by atoms with E-state index in [4.69, 9.17) is 4.74 Å². The standard InChI is InChI=1S/C21H25N3O/c1-4-25-20-12-10-18(11-13-20)14-22-16(2)21-15-23-24(17(21)3)19-8-6-5-7-9-19/h5-13,15-16,22H,4,14H2,1-3H3/t16-/m0/s1. The summed E-state index contributed by atoms with van der Waals surface area (Å²) in [6.45, 7) is 7.79. The summed E-state index contributed by atoms with van der Waals surface area (Å²) in [6.07, 6.45) is 1.96. The van der Waals surface area contributed by atoms with Crippen molar-refractivity contribution in [1.82, 2.24) is 15.1 Å². The Kier molecular flexibility index (Phi) is 5.51. The summed E-state index contributed by atoms with van der Waals surface area (Å²) in [5, 5.41) is 8.13. The topological polar surface area (TPSA) is 39.1 Å². The van der Waals surface area contributed by atoms with E-state index < -0.39 is 0 Å². The highest BCUT2D eigenvalue weighted by Gasteiger charge is 2.13. The van der Waals surface area contributed by atoms with Crippen molar-refractivity contribution in [3.63, 3.8) is 0 Å². The molecule has 0 spiro atoms. The molecule has 0 radical (unpaired) electrons. The number of nitrogens with one attached hydrogen (secondary N) is 1. The molecule has 2 aromatic carbocycles. The summed E-state index contributed by atoms with van der Waals surface area (Å²) in [7, 11) is 0. The second-order valence-electron chi connectivity index (χ2n) is 6.11. The Labute approximate surface area is 149 Å². The summed E-state index contributed by atoms with van der Waals surface area (Å²) >= 11 is 0. The molecule has 0 bridgehead atoms. The van der Waals surface area contributed by atoms with Crippen molar-refractivity contribution < 1.29 is 4.74 Å². The molecule has 1 heterocycles. The van der Waals surface area contributed by atoms with Crippen LogP contribution in [0.4, 0.5) is 0 Å². The molecule has 0 aliphatic heterocycles. The van der Waals surface area contributed by atoms with Gasteiger partial charge in [-0.2, -0.15) is 5.10 Å². The van der Waals surface area contributed by atoms with E-state index in [0.29, 0.717) is 6.61 Å². The Hall–Kier alpha value is -2.59. The Morgan fingerprint density at radius 2 is 1.80 bits per heavy atom. The molecule has 1 atom stereocenters. The van der Waals surface area contributed by atoms with Gasteiger partial charge in [-0.25, -0.2) is 4.68 Å². The quantitative estimate of drug-likeness (QED) is 0.694. The Morgan fingerprint density at radius 1 is 1.08 bits per heavy atom. The van der Waals surface area contributed by atoms with Gasteiger partial charge in [0.1, 0.15) is 5.75 Å². The lowest BCUT2D eigenvalue weighted by Crippen LogP contribution is -2.18. The minimum absolute atomic E-state index is 0.226. The van der Waals surface area contributed by atoms with Gasteiger partial charge >= 0.3 is 0 Å². The fourth-order valence-corrected chi connectivity index (χ4v) is 2.93. The zero-order valence-corrected chi connectivity index (χ0v) is 15.1. The van der Waals surface area contributed by atoms with Crippen molar-refractivity contribution in [2.75, 3.05) is 6.61 Å². The molecule has 4 heteroatoms. The molecule has 0 fully saturated rings. The van der Waals surface area contributed by atoms with E-state index in [1.807, 2.05) is 48.1 Å². The molecule has 0 aliphatic rings. The lowest BCUT2D eigenvalue weighted by Gasteiger charge is -2.14. The van der Waals surface area contributed by atoms with Gasteiger partial charge in [-0.05, 0) is 50.6 Å². The predicted molar refractivity (Wildman–Crippen MR) is 101 cm³/mol. The molecule has 1 N–H and O–H groups in total. The molecule has 0 unspecified atom stereocenters. The van der Waals surface area contributed by atoms with Crippen LogP contribution in [0, 0.1) is 6.92 Å². The molecule has 130 valence electrons. The molecular weight excluding hydrogens is 310 g/mol. The van der Waals surface area contributed by atoms with Gasteiger partial charge in [-0.3, -0.25) is 0 Å². The van der Waals surface area contributed by atoms with Crippen LogP contribution in [0.25, 0.3) is 5.69 Å². The van der Waals surface area contributed by atoms with Crippen LogP contribution in [-0.4, -0.2) is 16.4 Å². The number of hydrogen-bond donors (Lipinski definition) is 1. The van der Waals surface area contributed by atoms with Crippen LogP contribution in [0.2, 0.25) is 0 Å². The fraction of sp³-hybridized carbons (Fsp3) is 0.286. The lowest BCUT2D eigenvalue weighted by atomic mass is 10.1. The minimum atomic E-state index is 0.226. The van der Waals surface area contributed by atoms with E-state index in [9.17, 15) is 0 Å². The average molecular weight is 335 g/mol. The molecular formula is C21H25N3O. The summed E-state index contributed by atoms with van der Waals surface area (Å²) in [5.41, 5.74) is 4.71. The highest BCUT2D eigenvalue weighted by molar-refractivity contribution is 5.35. The van der Waals surface area contributed by atoms with Crippen LogP contribution in [-0.2, 0) is 6.54 Å². The fourth-order valence-electron chi connectivity index (χ4n) is 2.93. The zero-order valence-electron chi connectivity index (χ0n) is 15.1. The molecule has 3 rings (SSSR count). The predicted octanol–water partition coefficient (Wildman–Crippen LogP) is 4.43. The van der Waals surface area contributed by atoms with E-state index in [-0.39, 0.29) is 6.04 Å². The SMILES string of the molecule is CCOc1ccc(CN[C@@H](C)c2cnn(-c3ccccc3)c2C)cc1. The number of hydrogen-bond acceptors (Lipinski definition) is 3. The van der Waals surface area contributed by atoms with E-state index in [1.165, 1.54) is 11.1 Å². The zero-order chi connectivity index (χ0) is 17.6. The molecule has 3 aromatic rings. The maximum atomic E-state index is 5.48. The van der Waals surface area contributed by atoms with Crippen molar-refractivity contribution in [3.05, 3.63) is 77.6 Å². The Bertz CT molecular complexity index is 794. The van der Waals surface area contributed by atoms with Gasteiger partial charge in [0.05, 0.1) is 18.5 Å². The van der Waals surface area contributed by atoms with Gasteiger partial charge in [0.25, 0.3) is 0 Å². The Balaban J connectivity index is 1.65. The highest BCUT2D eigenvalue weighted by Crippen LogP contribution is 2.20. The molecule has 1 aromatic heterocycles. The number of benzene rings is 2. The number of nitrogens with zero attached hydrogens (tertiary/aromatic N) is 2. The minimum Gasteiger partial charge on any atom is -0.494 e. The van der Waals surface area contributed by atoms with Crippen molar-refractivity contribution >= 4 is 0 Å². The second kappa shape index (κ2) is 7.99. The third-order valence-corrected chi connectivity index (χ3v) is 4.36. The summed E-state index contributed by atoms with van der Waals surface area (Å²) in [6, 6.07) is 18.7. The molecule has 0 saturated heterocycles. The summed E-state index contributed by atoms with van der Waals surface area (Å²) in [4.78, 5) is 0. The third-order valence-electron chi connectivity index (χ3n) is 4.36. The van der Waals surface area contributed by atoms with Gasteiger partial charge in [0.2, 0.25) is 0 Å². The molecule has 0 aliphatic carbocycles. The maximum Gasteiger partial charge on any atom is 0.119 e. The van der Waals surface area contributed by atoms with Gasteiger partial charge in [-0.1, -0.05) is 30.3 Å². The first-order valence-electron chi connectivity index (χ1n) is 8.74. The van der Waals surface area contributed by atoms with Crippen LogP contribution in [0.15, 0.2) is 60.8 Å². The van der Waals surface area contributed by atoms with Crippen LogP contribution in [0.5, 0.6) is 5.75 Å². The first-order valence-corrected chi connectivity index (χ1v) is 8.74. The van der Waals surface area contributed by atoms with E-state index in [1.54, 1.807) is 0 Å². The average Bonchev–Trinajstić information content (AvgIpc) is 3.03. The van der Waals surface area contributed by atoms with Gasteiger partial charge in [-0.15, -0.1) is 0 Å². The number of para-hydroxylation sites is 1. The van der Waals surface area contributed by atoms with E-state index >= 15 is 0 Å². The third kappa shape index (κ3) is 4.09. The van der Waals surface area contributed by atoms with Gasteiger partial charge in [0, 0.05) is 23.8 Å². The molecule has 4 nitrogen and oxygen atoms in total. The molecule has 0 saturated carbocycles. The smallest absolute Gasteiger partial charge is 0.119 e. The summed E-state index contributed by atoms with van der Waals surface area (Å²) < 4.78 is 7.48. The summed E-state index contributed by atoms with van der Waals surface area (Å²) in [5.74, 6) is 0.916. The first-order chi connectivity index (χ1) is 12.2. The van der Waals surface area contributed by atoms with Gasteiger partial charge < -0.3 is 10.1 Å². The van der Waals surface area contributed by atoms with Crippen LogP contribution in [0.3, 0.4) is 0 Å². The van der Waals surface area contributed by atoms with E-state index in [2.05, 4.69) is 48.5 Å². The second-order valence-corrected chi connectivity index (χ2v) is 6.11. The number of ether oxygens (including phenoxy) is 1.